The first-order valence-electron chi connectivity index (χ1n) is 5.19. The maximum absolute atomic E-state index is 9.35. The van der Waals surface area contributed by atoms with E-state index in [0.29, 0.717) is 6.04 Å². The fourth-order valence-electron chi connectivity index (χ4n) is 1.49. The predicted molar refractivity (Wildman–Crippen MR) is 63.8 cm³/mol. The van der Waals surface area contributed by atoms with Crippen LogP contribution in [0.5, 0.6) is 0 Å². The highest BCUT2D eigenvalue weighted by Gasteiger charge is 2.23. The van der Waals surface area contributed by atoms with Crippen LogP contribution in [0.2, 0.25) is 0 Å². The lowest BCUT2D eigenvalue weighted by molar-refractivity contribution is 0.274. The van der Waals surface area contributed by atoms with E-state index in [4.69, 9.17) is 0 Å². The quantitative estimate of drug-likeness (QED) is 0.671. The molecule has 4 nitrogen and oxygen atoms in total. The van der Waals surface area contributed by atoms with Gasteiger partial charge in [0.05, 0.1) is 0 Å². The molecule has 3 N–H and O–H groups in total. The number of hydrogen-bond donors (Lipinski definition) is 3. The van der Waals surface area contributed by atoms with Gasteiger partial charge in [-0.3, -0.25) is 9.11 Å². The van der Waals surface area contributed by atoms with Gasteiger partial charge in [0.15, 0.2) is 0 Å². The van der Waals surface area contributed by atoms with E-state index in [2.05, 4.69) is 5.32 Å². The fraction of sp³-hybridized carbons (Fsp3) is 1.00. The van der Waals surface area contributed by atoms with Crippen LogP contribution in [-0.4, -0.2) is 45.8 Å². The molecular formula is C9H24N2O2S. The van der Waals surface area contributed by atoms with E-state index in [9.17, 15) is 9.11 Å². The summed E-state index contributed by atoms with van der Waals surface area (Å²) in [4.78, 5) is 0. The maximum Gasteiger partial charge on any atom is 0.0418 e. The second kappa shape index (κ2) is 6.63. The van der Waals surface area contributed by atoms with Crippen molar-refractivity contribution in [1.29, 1.82) is 0 Å². The van der Waals surface area contributed by atoms with Gasteiger partial charge >= 0.3 is 0 Å². The summed E-state index contributed by atoms with van der Waals surface area (Å²) in [5.41, 5.74) is 0. The first kappa shape index (κ1) is 14.2. The molecule has 0 amide bonds. The van der Waals surface area contributed by atoms with Gasteiger partial charge in [-0.15, -0.1) is 10.8 Å². The third-order valence-corrected chi connectivity index (χ3v) is 3.69. The monoisotopic (exact) mass is 224 g/mol. The number of nitrogens with one attached hydrogen (secondary N) is 1. The average molecular weight is 224 g/mol. The van der Waals surface area contributed by atoms with Gasteiger partial charge in [0.2, 0.25) is 0 Å². The van der Waals surface area contributed by atoms with Crippen LogP contribution < -0.4 is 5.32 Å². The lowest BCUT2D eigenvalue weighted by atomic mass is 10.1. The van der Waals surface area contributed by atoms with Gasteiger partial charge in [-0.05, 0) is 19.9 Å². The Kier molecular flexibility index (Phi) is 6.72. The lowest BCUT2D eigenvalue weighted by Crippen LogP contribution is -2.41. The molecule has 0 radical (unpaired) electrons. The van der Waals surface area contributed by atoms with Crippen molar-refractivity contribution in [2.75, 3.05) is 26.4 Å². The van der Waals surface area contributed by atoms with Crippen LogP contribution in [0.4, 0.5) is 0 Å². The molecule has 0 aromatic rings. The van der Waals surface area contributed by atoms with E-state index >= 15 is 0 Å². The van der Waals surface area contributed by atoms with Gasteiger partial charge in [-0.25, -0.2) is 4.31 Å². The first-order valence-corrected chi connectivity index (χ1v) is 7.11. The fourth-order valence-corrected chi connectivity index (χ4v) is 2.39. The lowest BCUT2D eigenvalue weighted by Gasteiger charge is -2.43. The Morgan fingerprint density at radius 3 is 1.93 bits per heavy atom. The first-order chi connectivity index (χ1) is 6.54. The zero-order chi connectivity index (χ0) is 11.2. The molecule has 14 heavy (non-hydrogen) atoms. The molecule has 5 heteroatoms. The zero-order valence-corrected chi connectivity index (χ0v) is 10.5. The zero-order valence-electron chi connectivity index (χ0n) is 9.66. The van der Waals surface area contributed by atoms with Crippen molar-refractivity contribution in [3.63, 3.8) is 0 Å². The molecule has 1 rings (SSSR count). The Labute approximate surface area is 89.2 Å². The molecule has 0 bridgehead atoms. The van der Waals surface area contributed by atoms with Gasteiger partial charge in [0.25, 0.3) is 0 Å². The smallest absolute Gasteiger partial charge is 0.0418 e. The Morgan fingerprint density at radius 1 is 1.21 bits per heavy atom. The van der Waals surface area contributed by atoms with Gasteiger partial charge in [0.1, 0.15) is 0 Å². The van der Waals surface area contributed by atoms with E-state index in [1.807, 2.05) is 20.9 Å². The van der Waals surface area contributed by atoms with Gasteiger partial charge in [0, 0.05) is 25.4 Å². The van der Waals surface area contributed by atoms with Gasteiger partial charge < -0.3 is 5.32 Å². The second-order valence-corrected chi connectivity index (χ2v) is 5.39. The molecule has 0 unspecified atom stereocenters. The summed E-state index contributed by atoms with van der Waals surface area (Å²) in [7, 11) is -0.503. The van der Waals surface area contributed by atoms with E-state index < -0.39 is 10.8 Å². The number of piperidine rings is 1. The largest absolute Gasteiger partial charge is 0.317 e. The van der Waals surface area contributed by atoms with Gasteiger partial charge in [-0.1, -0.05) is 13.8 Å². The molecular weight excluding hydrogens is 200 g/mol. The van der Waals surface area contributed by atoms with Crippen molar-refractivity contribution in [2.24, 2.45) is 0 Å². The Balaban J connectivity index is 0.000000791. The van der Waals surface area contributed by atoms with Crippen molar-refractivity contribution in [3.8, 4) is 0 Å². The third-order valence-electron chi connectivity index (χ3n) is 2.35. The van der Waals surface area contributed by atoms with Crippen molar-refractivity contribution in [1.82, 2.24) is 9.62 Å². The van der Waals surface area contributed by atoms with Crippen LogP contribution in [0.1, 0.15) is 26.7 Å². The molecule has 0 aromatic carbocycles. The molecule has 0 aliphatic carbocycles. The Bertz CT molecular complexity index is 142. The van der Waals surface area contributed by atoms with Crippen molar-refractivity contribution in [3.05, 3.63) is 0 Å². The molecule has 0 spiro atoms. The second-order valence-electron chi connectivity index (χ2n) is 3.28. The molecule has 0 saturated carbocycles. The summed E-state index contributed by atoms with van der Waals surface area (Å²) in [6.45, 7) is 5.56. The van der Waals surface area contributed by atoms with Crippen LogP contribution in [0.3, 0.4) is 0 Å². The van der Waals surface area contributed by atoms with Crippen LogP contribution in [-0.2, 0) is 0 Å². The average Bonchev–Trinajstić information content (AvgIpc) is 2.20. The SMILES string of the molecule is CC.CNC1CCN(S(C)(O)O)CC1. The van der Waals surface area contributed by atoms with Crippen molar-refractivity contribution >= 4 is 10.8 Å². The highest BCUT2D eigenvalue weighted by Crippen LogP contribution is 2.40. The highest BCUT2D eigenvalue weighted by atomic mass is 32.3. The molecule has 0 aromatic heterocycles. The van der Waals surface area contributed by atoms with E-state index in [-0.39, 0.29) is 0 Å². The normalized spacial score (nSPS) is 21.3. The number of nitrogens with zero attached hydrogens (tertiary/aromatic N) is 1. The van der Waals surface area contributed by atoms with Crippen LogP contribution >= 0.6 is 10.8 Å². The van der Waals surface area contributed by atoms with E-state index in [0.717, 1.165) is 25.9 Å². The van der Waals surface area contributed by atoms with Crippen molar-refractivity contribution < 1.29 is 9.11 Å². The Hall–Kier alpha value is 0.190. The molecule has 1 heterocycles. The maximum atomic E-state index is 9.35. The van der Waals surface area contributed by atoms with Crippen LogP contribution in [0.15, 0.2) is 0 Å². The standard InChI is InChI=1S/C7H18N2O2S.C2H6/c1-8-7-3-5-9(6-4-7)12(2,10)11;1-2/h7-8,10-11H,3-6H2,1-2H3;1-2H3. The summed E-state index contributed by atoms with van der Waals surface area (Å²) in [5.74, 6) is 0. The topological polar surface area (TPSA) is 55.7 Å². The van der Waals surface area contributed by atoms with Crippen molar-refractivity contribution in [2.45, 2.75) is 32.7 Å². The number of hydrogen-bond acceptors (Lipinski definition) is 4. The minimum Gasteiger partial charge on any atom is -0.317 e. The molecule has 0 atom stereocenters. The van der Waals surface area contributed by atoms with Gasteiger partial charge in [-0.2, -0.15) is 0 Å². The third kappa shape index (κ3) is 4.61. The minimum atomic E-state index is -2.45. The molecule has 88 valence electrons. The summed E-state index contributed by atoms with van der Waals surface area (Å²) in [5, 5.41) is 3.20. The minimum absolute atomic E-state index is 0.544. The summed E-state index contributed by atoms with van der Waals surface area (Å²) in [6.07, 6.45) is 3.49. The predicted octanol–water partition coefficient (Wildman–Crippen LogP) is 1.99. The molecule has 1 aliphatic heterocycles. The van der Waals surface area contributed by atoms with E-state index in [1.54, 1.807) is 4.31 Å². The van der Waals surface area contributed by atoms with E-state index in [1.165, 1.54) is 6.26 Å². The highest BCUT2D eigenvalue weighted by molar-refractivity contribution is 8.21. The summed E-state index contributed by atoms with van der Waals surface area (Å²) >= 11 is 0. The summed E-state index contributed by atoms with van der Waals surface area (Å²) in [6, 6.07) is 0.544. The van der Waals surface area contributed by atoms with Crippen LogP contribution in [0, 0.1) is 0 Å². The molecule has 1 aliphatic rings. The number of rotatable bonds is 2. The molecule has 1 saturated heterocycles. The molecule has 1 fully saturated rings. The Morgan fingerprint density at radius 2 is 1.64 bits per heavy atom. The van der Waals surface area contributed by atoms with Crippen LogP contribution in [0.25, 0.3) is 0 Å². The summed E-state index contributed by atoms with van der Waals surface area (Å²) < 4.78 is 20.5.